The maximum Gasteiger partial charge on any atom is 0.228 e. The molecule has 1 aliphatic rings. The second kappa shape index (κ2) is 6.43. The van der Waals surface area contributed by atoms with Crippen LogP contribution < -0.4 is 4.90 Å². The van der Waals surface area contributed by atoms with Crippen LogP contribution >= 0.6 is 0 Å². The van der Waals surface area contributed by atoms with Gasteiger partial charge in [0.15, 0.2) is 5.78 Å². The van der Waals surface area contributed by atoms with E-state index in [0.717, 1.165) is 4.90 Å². The number of carbonyl (C=O) groups excluding carboxylic acids is 3. The summed E-state index contributed by atoms with van der Waals surface area (Å²) in [6.45, 7) is 1.27. The predicted octanol–water partition coefficient (Wildman–Crippen LogP) is 3.64. The van der Waals surface area contributed by atoms with Crippen molar-refractivity contribution in [1.82, 2.24) is 0 Å². The Bertz CT molecular complexity index is 973. The Hall–Kier alpha value is -3.70. The number of hydrogen-bond donors (Lipinski definition) is 0. The molecule has 0 atom stereocenters. The molecule has 0 heterocycles. The number of ketones is 2. The molecule has 0 saturated carbocycles. The number of Topliss-reactive ketones (excluding diaryl/α,β-unsaturated/α-hetero) is 2. The summed E-state index contributed by atoms with van der Waals surface area (Å²) >= 11 is 0. The first-order chi connectivity index (χ1) is 12.1. The molecule has 0 unspecified atom stereocenters. The fourth-order valence-electron chi connectivity index (χ4n) is 2.74. The first kappa shape index (κ1) is 16.2. The molecular weight excluding hydrogens is 320 g/mol. The van der Waals surface area contributed by atoms with E-state index >= 15 is 0 Å². The zero-order valence-electron chi connectivity index (χ0n) is 13.2. The van der Waals surface area contributed by atoms with Crippen LogP contribution in [0.25, 0.3) is 10.4 Å². The van der Waals surface area contributed by atoms with Crippen LogP contribution in [0, 0.1) is 0 Å². The van der Waals surface area contributed by atoms with E-state index in [2.05, 4.69) is 10.0 Å². The van der Waals surface area contributed by atoms with E-state index in [-0.39, 0.29) is 22.5 Å². The molecule has 0 aliphatic heterocycles. The standard InChI is InChI=1S/C18H12N4O3/c1-11(23)22(12-7-3-2-4-8-12)16-15(20-21-19)17(24)13-9-5-6-10-14(13)18(16)25/h2-10H,1H3. The van der Waals surface area contributed by atoms with E-state index in [1.165, 1.54) is 19.1 Å². The van der Waals surface area contributed by atoms with Crippen LogP contribution in [0.1, 0.15) is 27.6 Å². The van der Waals surface area contributed by atoms with Crippen LogP contribution in [0.5, 0.6) is 0 Å². The second-order valence-electron chi connectivity index (χ2n) is 5.28. The van der Waals surface area contributed by atoms with Crippen molar-refractivity contribution >= 4 is 23.2 Å². The summed E-state index contributed by atoms with van der Waals surface area (Å²) < 4.78 is 0. The van der Waals surface area contributed by atoms with Crippen molar-refractivity contribution in [3.8, 4) is 0 Å². The zero-order chi connectivity index (χ0) is 18.0. The van der Waals surface area contributed by atoms with Crippen molar-refractivity contribution in [2.75, 3.05) is 4.90 Å². The highest BCUT2D eigenvalue weighted by Crippen LogP contribution is 2.32. The van der Waals surface area contributed by atoms with Gasteiger partial charge >= 0.3 is 0 Å². The van der Waals surface area contributed by atoms with Gasteiger partial charge in [0.2, 0.25) is 11.7 Å². The maximum absolute atomic E-state index is 13.0. The van der Waals surface area contributed by atoms with Crippen molar-refractivity contribution in [2.24, 2.45) is 5.11 Å². The van der Waals surface area contributed by atoms with Gasteiger partial charge in [-0.1, -0.05) is 47.6 Å². The molecule has 2 aromatic rings. The molecule has 0 saturated heterocycles. The summed E-state index contributed by atoms with van der Waals surface area (Å²) in [5.41, 5.74) is 8.93. The van der Waals surface area contributed by atoms with Crippen LogP contribution in [0.3, 0.4) is 0 Å². The van der Waals surface area contributed by atoms with Gasteiger partial charge in [-0.3, -0.25) is 19.3 Å². The zero-order valence-corrected chi connectivity index (χ0v) is 13.2. The summed E-state index contributed by atoms with van der Waals surface area (Å²) in [6, 6.07) is 14.6. The average molecular weight is 332 g/mol. The number of azide groups is 1. The molecule has 0 bridgehead atoms. The van der Waals surface area contributed by atoms with Crippen molar-refractivity contribution in [1.29, 1.82) is 0 Å². The first-order valence-corrected chi connectivity index (χ1v) is 7.39. The molecule has 0 spiro atoms. The van der Waals surface area contributed by atoms with E-state index < -0.39 is 17.5 Å². The molecular formula is C18H12N4O3. The molecule has 0 radical (unpaired) electrons. The molecule has 0 N–H and O–H groups in total. The van der Waals surface area contributed by atoms with Crippen LogP contribution in [0.4, 0.5) is 5.69 Å². The number of anilines is 1. The lowest BCUT2D eigenvalue weighted by molar-refractivity contribution is -0.116. The van der Waals surface area contributed by atoms with Crippen LogP contribution in [0.2, 0.25) is 0 Å². The van der Waals surface area contributed by atoms with Crippen molar-refractivity contribution < 1.29 is 14.4 Å². The summed E-state index contributed by atoms with van der Waals surface area (Å²) in [5.74, 6) is -1.62. The third-order valence-corrected chi connectivity index (χ3v) is 3.77. The summed E-state index contributed by atoms with van der Waals surface area (Å²) in [4.78, 5) is 41.7. The minimum absolute atomic E-state index is 0.148. The lowest BCUT2D eigenvalue weighted by atomic mass is 9.89. The normalized spacial score (nSPS) is 13.2. The van der Waals surface area contributed by atoms with Crippen molar-refractivity contribution in [2.45, 2.75) is 6.92 Å². The number of fused-ring (bicyclic) bond motifs is 1. The van der Waals surface area contributed by atoms with Crippen LogP contribution in [-0.2, 0) is 4.79 Å². The number of rotatable bonds is 3. The number of allylic oxidation sites excluding steroid dienone is 2. The molecule has 2 aromatic carbocycles. The molecule has 122 valence electrons. The Morgan fingerprint density at radius 3 is 2.08 bits per heavy atom. The quantitative estimate of drug-likeness (QED) is 0.487. The third-order valence-electron chi connectivity index (χ3n) is 3.77. The van der Waals surface area contributed by atoms with Gasteiger partial charge in [0.25, 0.3) is 0 Å². The number of nitrogens with zero attached hydrogens (tertiary/aromatic N) is 4. The summed E-state index contributed by atoms with van der Waals surface area (Å²) in [7, 11) is 0. The van der Waals surface area contributed by atoms with Crippen molar-refractivity contribution in [3.63, 3.8) is 0 Å². The van der Waals surface area contributed by atoms with Gasteiger partial charge in [0, 0.05) is 28.6 Å². The van der Waals surface area contributed by atoms with Gasteiger partial charge < -0.3 is 0 Å². The molecule has 0 aromatic heterocycles. The van der Waals surface area contributed by atoms with Gasteiger partial charge in [0.1, 0.15) is 11.4 Å². The predicted molar refractivity (Wildman–Crippen MR) is 90.9 cm³/mol. The number of amides is 1. The van der Waals surface area contributed by atoms with Gasteiger partial charge in [0.05, 0.1) is 0 Å². The molecule has 7 heteroatoms. The fourth-order valence-corrected chi connectivity index (χ4v) is 2.74. The highest BCUT2D eigenvalue weighted by atomic mass is 16.2. The average Bonchev–Trinajstić information content (AvgIpc) is 2.63. The molecule has 0 fully saturated rings. The van der Waals surface area contributed by atoms with Crippen molar-refractivity contribution in [3.05, 3.63) is 87.6 Å². The number of para-hydroxylation sites is 1. The Kier molecular flexibility index (Phi) is 4.16. The Balaban J connectivity index is 2.31. The van der Waals surface area contributed by atoms with Gasteiger partial charge in [-0.05, 0) is 17.7 Å². The smallest absolute Gasteiger partial charge is 0.228 e. The minimum Gasteiger partial charge on any atom is -0.289 e. The summed E-state index contributed by atoms with van der Waals surface area (Å²) in [5, 5.41) is 3.42. The van der Waals surface area contributed by atoms with E-state index in [9.17, 15) is 14.4 Å². The van der Waals surface area contributed by atoms with Crippen LogP contribution in [0.15, 0.2) is 71.1 Å². The number of hydrogen-bond acceptors (Lipinski definition) is 4. The molecule has 3 rings (SSSR count). The number of benzene rings is 2. The van der Waals surface area contributed by atoms with Gasteiger partial charge in [-0.15, -0.1) is 0 Å². The SMILES string of the molecule is CC(=O)N(C1=C(N=[N+]=[N-])C(=O)c2ccccc2C1=O)c1ccccc1. The summed E-state index contributed by atoms with van der Waals surface area (Å²) in [6.07, 6.45) is 0. The lowest BCUT2D eigenvalue weighted by Crippen LogP contribution is -2.36. The minimum atomic E-state index is -0.592. The third kappa shape index (κ3) is 2.69. The monoisotopic (exact) mass is 332 g/mol. The largest absolute Gasteiger partial charge is 0.289 e. The fraction of sp³-hybridized carbons (Fsp3) is 0.0556. The van der Waals surface area contributed by atoms with E-state index in [1.807, 2.05) is 0 Å². The van der Waals surface area contributed by atoms with Crippen LogP contribution in [-0.4, -0.2) is 17.5 Å². The Morgan fingerprint density at radius 1 is 0.960 bits per heavy atom. The Morgan fingerprint density at radius 2 is 1.52 bits per heavy atom. The molecule has 1 aliphatic carbocycles. The second-order valence-corrected chi connectivity index (χ2v) is 5.28. The highest BCUT2D eigenvalue weighted by molar-refractivity contribution is 6.29. The van der Waals surface area contributed by atoms with E-state index in [4.69, 9.17) is 5.53 Å². The maximum atomic E-state index is 13.0. The number of carbonyl (C=O) groups is 3. The van der Waals surface area contributed by atoms with Gasteiger partial charge in [-0.25, -0.2) is 0 Å². The molecule has 7 nitrogen and oxygen atoms in total. The molecule has 1 amide bonds. The molecule has 25 heavy (non-hydrogen) atoms. The first-order valence-electron chi connectivity index (χ1n) is 7.39. The highest BCUT2D eigenvalue weighted by Gasteiger charge is 2.36. The van der Waals surface area contributed by atoms with E-state index in [1.54, 1.807) is 42.5 Å². The van der Waals surface area contributed by atoms with E-state index in [0.29, 0.717) is 5.69 Å². The Labute approximate surface area is 142 Å². The topological polar surface area (TPSA) is 103 Å². The van der Waals surface area contributed by atoms with Gasteiger partial charge in [-0.2, -0.15) is 0 Å². The lowest BCUT2D eigenvalue weighted by Gasteiger charge is -2.28.